The molecular formula is C45H45F3N4O5S. The predicted octanol–water partition coefficient (Wildman–Crippen LogP) is 11.1. The first-order valence-electron chi connectivity index (χ1n) is 18.5. The number of rotatable bonds is 11. The average Bonchev–Trinajstić information content (AvgIpc) is 3.53. The van der Waals surface area contributed by atoms with Gasteiger partial charge in [-0.1, -0.05) is 91.6 Å². The number of benzene rings is 5. The Bertz CT molecular complexity index is 2410. The molecule has 0 unspecified atom stereocenters. The number of aryl methyl sites for hydroxylation is 4. The zero-order valence-electron chi connectivity index (χ0n) is 32.4. The third-order valence-corrected chi connectivity index (χ3v) is 10.4. The minimum Gasteiger partial charge on any atom is -0.508 e. The molecule has 8 N–H and O–H groups in total. The Hall–Kier alpha value is -6.47. The van der Waals surface area contributed by atoms with Gasteiger partial charge in [-0.2, -0.15) is 0 Å². The number of hydrogen-bond donors (Lipinski definition) is 6. The Morgan fingerprint density at radius 3 is 1.55 bits per heavy atom. The Balaban J connectivity index is 0.000000223. The van der Waals surface area contributed by atoms with Crippen molar-refractivity contribution in [3.8, 4) is 61.8 Å². The highest BCUT2D eigenvalue weighted by atomic mass is 32.1. The van der Waals surface area contributed by atoms with Crippen LogP contribution in [0.25, 0.3) is 44.5 Å². The molecule has 0 saturated heterocycles. The quantitative estimate of drug-likeness (QED) is 0.0328. The van der Waals surface area contributed by atoms with E-state index in [1.165, 1.54) is 35.2 Å². The van der Waals surface area contributed by atoms with Gasteiger partial charge in [0.25, 0.3) is 0 Å². The topological polar surface area (TPSA) is 167 Å². The maximum atomic E-state index is 13.1. The van der Waals surface area contributed by atoms with Crippen molar-refractivity contribution < 1.29 is 38.5 Å². The van der Waals surface area contributed by atoms with E-state index in [0.717, 1.165) is 63.8 Å². The summed E-state index contributed by atoms with van der Waals surface area (Å²) in [4.78, 5) is 1.18. The third kappa shape index (κ3) is 9.90. The normalized spacial score (nSPS) is 11.9. The molecule has 1 aromatic heterocycles. The lowest BCUT2D eigenvalue weighted by Crippen LogP contribution is -2.19. The second-order valence-corrected chi connectivity index (χ2v) is 14.7. The van der Waals surface area contributed by atoms with Crippen LogP contribution in [0.3, 0.4) is 0 Å². The Morgan fingerprint density at radius 1 is 0.655 bits per heavy atom. The highest BCUT2D eigenvalue weighted by Gasteiger charge is 2.33. The summed E-state index contributed by atoms with van der Waals surface area (Å²) in [7, 11) is 0. The van der Waals surface area contributed by atoms with Crippen LogP contribution in [0.4, 0.5) is 13.2 Å². The molecule has 302 valence electrons. The van der Waals surface area contributed by atoms with Crippen LogP contribution in [0.2, 0.25) is 0 Å². The van der Waals surface area contributed by atoms with Crippen LogP contribution in [0, 0.1) is 13.8 Å². The molecule has 6 aromatic rings. The second kappa shape index (κ2) is 18.6. The van der Waals surface area contributed by atoms with E-state index in [1.807, 2.05) is 31.2 Å². The molecule has 0 aliphatic carbocycles. The van der Waals surface area contributed by atoms with E-state index in [9.17, 15) is 33.8 Å². The van der Waals surface area contributed by atoms with E-state index in [1.54, 1.807) is 47.7 Å². The Morgan fingerprint density at radius 2 is 1.12 bits per heavy atom. The number of hydrogen-bond acceptors (Lipinski definition) is 8. The van der Waals surface area contributed by atoms with Gasteiger partial charge in [-0.05, 0) is 119 Å². The molecule has 9 nitrogen and oxygen atoms in total. The minimum absolute atomic E-state index is 0.0486. The molecule has 0 amide bonds. The molecule has 0 bridgehead atoms. The smallest absolute Gasteiger partial charge is 0.508 e. The number of nitrogens with zero attached hydrogens (tertiary/aromatic N) is 2. The SMILES string of the molecule is CCCc1cc(C(N)=NO)c(-c2c(C)csc2C)c(-c2ccc(O)cc2)c1.CCCc1cc(C(N)=NO)c(-c2ccccc2OC(F)(F)F)c(-c2ccc(O)cc2)c1. The number of aromatic hydroxyl groups is 2. The van der Waals surface area contributed by atoms with Gasteiger partial charge >= 0.3 is 6.36 Å². The average molecular weight is 811 g/mol. The number of para-hydroxylation sites is 1. The van der Waals surface area contributed by atoms with Crippen LogP contribution in [-0.4, -0.2) is 38.7 Å². The van der Waals surface area contributed by atoms with E-state index in [0.29, 0.717) is 23.1 Å². The number of oxime groups is 2. The summed E-state index contributed by atoms with van der Waals surface area (Å²) in [5.41, 5.74) is 21.9. The van der Waals surface area contributed by atoms with Crippen LogP contribution >= 0.6 is 11.3 Å². The fourth-order valence-corrected chi connectivity index (χ4v) is 7.76. The predicted molar refractivity (Wildman–Crippen MR) is 225 cm³/mol. The fourth-order valence-electron chi connectivity index (χ4n) is 6.91. The lowest BCUT2D eigenvalue weighted by Gasteiger charge is -2.20. The summed E-state index contributed by atoms with van der Waals surface area (Å²) in [6.45, 7) is 8.29. The van der Waals surface area contributed by atoms with Gasteiger partial charge in [0.1, 0.15) is 17.2 Å². The van der Waals surface area contributed by atoms with Gasteiger partial charge in [-0.15, -0.1) is 24.5 Å². The highest BCUT2D eigenvalue weighted by Crippen LogP contribution is 2.44. The van der Waals surface area contributed by atoms with Crippen LogP contribution in [0.1, 0.15) is 59.4 Å². The van der Waals surface area contributed by atoms with E-state index in [4.69, 9.17) is 11.5 Å². The molecule has 0 spiro atoms. The molecular weight excluding hydrogens is 766 g/mol. The summed E-state index contributed by atoms with van der Waals surface area (Å²) in [5, 5.41) is 46.6. The number of nitrogens with two attached hydrogens (primary N) is 2. The largest absolute Gasteiger partial charge is 0.573 e. The minimum atomic E-state index is -4.90. The molecule has 0 aliphatic heterocycles. The number of amidine groups is 2. The molecule has 0 fully saturated rings. The number of phenolic OH excluding ortho intramolecular Hbond substituents is 2. The Labute approximate surface area is 339 Å². The van der Waals surface area contributed by atoms with Gasteiger partial charge in [-0.25, -0.2) is 0 Å². The highest BCUT2D eigenvalue weighted by molar-refractivity contribution is 7.10. The summed E-state index contributed by atoms with van der Waals surface area (Å²) < 4.78 is 43.4. The standard InChI is InChI=1S/C23H21F3N2O3.C22H24N2O2S/c1-2-5-14-12-18(15-8-10-16(29)11-9-15)21(19(13-14)22(27)28-30)17-6-3-4-7-20(17)31-23(24,25)26;1-4-5-15-10-18(16-6-8-17(25)9-7-16)21(19(11-15)22(23)24-26)20-13(2)12-27-14(20)3/h3-4,6-13,29-30H,2,5H2,1H3,(H2,27,28);6-12,25-26H,4-5H2,1-3H3,(H2,23,24). The van der Waals surface area contributed by atoms with Crippen molar-refractivity contribution in [2.24, 2.45) is 21.8 Å². The molecule has 0 saturated carbocycles. The van der Waals surface area contributed by atoms with Crippen LogP contribution in [0.5, 0.6) is 17.2 Å². The summed E-state index contributed by atoms with van der Waals surface area (Å²) in [6, 6.07) is 26.9. The summed E-state index contributed by atoms with van der Waals surface area (Å²) >= 11 is 1.69. The van der Waals surface area contributed by atoms with E-state index in [-0.39, 0.29) is 34.3 Å². The summed E-state index contributed by atoms with van der Waals surface area (Å²) in [6.07, 6.45) is -1.50. The van der Waals surface area contributed by atoms with Gasteiger partial charge in [0, 0.05) is 32.7 Å². The van der Waals surface area contributed by atoms with Gasteiger partial charge in [0.2, 0.25) is 0 Å². The van der Waals surface area contributed by atoms with Crippen molar-refractivity contribution in [2.45, 2.75) is 59.7 Å². The lowest BCUT2D eigenvalue weighted by molar-refractivity contribution is -0.274. The van der Waals surface area contributed by atoms with Crippen molar-refractivity contribution in [2.75, 3.05) is 0 Å². The molecule has 0 radical (unpaired) electrons. The first-order valence-corrected chi connectivity index (χ1v) is 19.4. The van der Waals surface area contributed by atoms with Gasteiger partial charge in [0.05, 0.1) is 0 Å². The molecule has 13 heteroatoms. The monoisotopic (exact) mass is 810 g/mol. The number of alkyl halides is 3. The van der Waals surface area contributed by atoms with E-state index < -0.39 is 12.1 Å². The zero-order chi connectivity index (χ0) is 42.1. The molecule has 58 heavy (non-hydrogen) atoms. The first kappa shape index (κ1) is 42.7. The van der Waals surface area contributed by atoms with Crippen LogP contribution in [-0.2, 0) is 12.8 Å². The van der Waals surface area contributed by atoms with Crippen LogP contribution in [0.15, 0.2) is 113 Å². The second-order valence-electron chi connectivity index (χ2n) is 13.6. The first-order chi connectivity index (χ1) is 27.7. The van der Waals surface area contributed by atoms with Crippen molar-refractivity contribution >= 4 is 23.0 Å². The fraction of sp³-hybridized carbons (Fsp3) is 0.200. The van der Waals surface area contributed by atoms with Gasteiger partial charge in [-0.3, -0.25) is 0 Å². The van der Waals surface area contributed by atoms with Gasteiger partial charge < -0.3 is 36.8 Å². The molecule has 5 aromatic carbocycles. The number of phenols is 2. The lowest BCUT2D eigenvalue weighted by atomic mass is 9.86. The van der Waals surface area contributed by atoms with Gasteiger partial charge in [0.15, 0.2) is 11.7 Å². The zero-order valence-corrected chi connectivity index (χ0v) is 33.2. The Kier molecular flexibility index (Phi) is 13.7. The maximum absolute atomic E-state index is 13.1. The van der Waals surface area contributed by atoms with Crippen molar-refractivity contribution in [3.63, 3.8) is 0 Å². The molecule has 0 aliphatic rings. The van der Waals surface area contributed by atoms with E-state index >= 15 is 0 Å². The van der Waals surface area contributed by atoms with Crippen LogP contribution < -0.4 is 16.2 Å². The van der Waals surface area contributed by atoms with Crippen molar-refractivity contribution in [1.29, 1.82) is 0 Å². The third-order valence-electron chi connectivity index (χ3n) is 9.39. The summed E-state index contributed by atoms with van der Waals surface area (Å²) in [5.74, 6) is -0.273. The molecule has 6 rings (SSSR count). The number of thiophene rings is 1. The van der Waals surface area contributed by atoms with Crippen molar-refractivity contribution in [1.82, 2.24) is 0 Å². The maximum Gasteiger partial charge on any atom is 0.573 e. The number of ether oxygens (including phenoxy) is 1. The van der Waals surface area contributed by atoms with Crippen molar-refractivity contribution in [3.05, 3.63) is 135 Å². The molecule has 0 atom stereocenters. The van der Waals surface area contributed by atoms with E-state index in [2.05, 4.69) is 47.3 Å². The number of halogens is 3. The molecule has 1 heterocycles.